The number of carbonyl (C=O) groups is 2. The number of amides is 1. The summed E-state index contributed by atoms with van der Waals surface area (Å²) in [6.07, 6.45) is -0.00411. The molecule has 0 aromatic heterocycles. The van der Waals surface area contributed by atoms with Gasteiger partial charge in [0, 0.05) is 11.3 Å². The van der Waals surface area contributed by atoms with E-state index in [4.69, 9.17) is 14.2 Å². The van der Waals surface area contributed by atoms with Crippen molar-refractivity contribution in [1.29, 1.82) is 0 Å². The molecule has 39 heavy (non-hydrogen) atoms. The topological polar surface area (TPSA) is 85.3 Å². The molecule has 1 fully saturated rings. The zero-order valence-corrected chi connectivity index (χ0v) is 23.2. The zero-order valence-electron chi connectivity index (χ0n) is 23.2. The molecule has 7 heteroatoms. The number of methoxy groups -OCH3 is 1. The van der Waals surface area contributed by atoms with E-state index in [-0.39, 0.29) is 23.4 Å². The molecule has 3 aromatic carbocycles. The van der Waals surface area contributed by atoms with E-state index >= 15 is 0 Å². The number of nitrogens with zero attached hydrogens (tertiary/aromatic N) is 1. The van der Waals surface area contributed by atoms with E-state index in [1.165, 1.54) is 4.90 Å². The predicted octanol–water partition coefficient (Wildman–Crippen LogP) is 6.63. The Bertz CT molecular complexity index is 1370. The quantitative estimate of drug-likeness (QED) is 0.190. The van der Waals surface area contributed by atoms with E-state index in [9.17, 15) is 14.7 Å². The van der Waals surface area contributed by atoms with Gasteiger partial charge in [-0.2, -0.15) is 0 Å². The van der Waals surface area contributed by atoms with E-state index in [2.05, 4.69) is 0 Å². The van der Waals surface area contributed by atoms with Crippen LogP contribution in [-0.4, -0.2) is 36.6 Å². The predicted molar refractivity (Wildman–Crippen MR) is 152 cm³/mol. The molecule has 0 spiro atoms. The molecule has 1 atom stereocenters. The normalized spacial score (nSPS) is 16.7. The van der Waals surface area contributed by atoms with Crippen LogP contribution >= 0.6 is 0 Å². The molecule has 1 aliphatic heterocycles. The Morgan fingerprint density at radius 3 is 2.13 bits per heavy atom. The lowest BCUT2D eigenvalue weighted by molar-refractivity contribution is -0.132. The number of rotatable bonds is 9. The molecule has 0 bridgehead atoms. The van der Waals surface area contributed by atoms with Crippen molar-refractivity contribution >= 4 is 23.1 Å². The number of hydrogen-bond donors (Lipinski definition) is 1. The summed E-state index contributed by atoms with van der Waals surface area (Å²) in [5.41, 5.74) is 2.53. The van der Waals surface area contributed by atoms with Crippen molar-refractivity contribution in [2.45, 2.75) is 52.7 Å². The minimum absolute atomic E-state index is 0.00411. The number of hydrogen-bond acceptors (Lipinski definition) is 6. The second kappa shape index (κ2) is 11.6. The molecular formula is C32H35NO6. The molecule has 3 aromatic rings. The Balaban J connectivity index is 1.88. The van der Waals surface area contributed by atoms with Crippen LogP contribution in [0, 0.1) is 0 Å². The smallest absolute Gasteiger partial charge is 0.300 e. The van der Waals surface area contributed by atoms with Crippen molar-refractivity contribution < 1.29 is 28.9 Å². The van der Waals surface area contributed by atoms with Gasteiger partial charge in [0.15, 0.2) is 0 Å². The maximum Gasteiger partial charge on any atom is 0.300 e. The van der Waals surface area contributed by atoms with Crippen LogP contribution in [0.15, 0.2) is 72.3 Å². The van der Waals surface area contributed by atoms with Crippen LogP contribution in [0.2, 0.25) is 0 Å². The summed E-state index contributed by atoms with van der Waals surface area (Å²) < 4.78 is 16.8. The third-order valence-electron chi connectivity index (χ3n) is 6.56. The molecule has 1 unspecified atom stereocenters. The molecule has 0 aliphatic carbocycles. The Kier molecular flexibility index (Phi) is 8.29. The first kappa shape index (κ1) is 27.8. The number of benzene rings is 3. The fraction of sp³-hybridized carbons (Fsp3) is 0.312. The number of aliphatic hydroxyl groups excluding tert-OH is 1. The highest BCUT2D eigenvalue weighted by atomic mass is 16.5. The maximum absolute atomic E-state index is 13.5. The molecule has 0 saturated carbocycles. The van der Waals surface area contributed by atoms with Crippen molar-refractivity contribution in [2.24, 2.45) is 0 Å². The lowest BCUT2D eigenvalue weighted by Gasteiger charge is -2.26. The largest absolute Gasteiger partial charge is 0.507 e. The minimum atomic E-state index is -0.847. The zero-order chi connectivity index (χ0) is 28.3. The van der Waals surface area contributed by atoms with Crippen LogP contribution in [0.3, 0.4) is 0 Å². The Labute approximate surface area is 229 Å². The van der Waals surface area contributed by atoms with E-state index in [1.807, 2.05) is 46.8 Å². The summed E-state index contributed by atoms with van der Waals surface area (Å²) in [6.45, 7) is 10.3. The summed E-state index contributed by atoms with van der Waals surface area (Å²) >= 11 is 0. The van der Waals surface area contributed by atoms with E-state index in [0.29, 0.717) is 40.7 Å². The van der Waals surface area contributed by atoms with Gasteiger partial charge < -0.3 is 19.3 Å². The number of ketones is 1. The van der Waals surface area contributed by atoms with Gasteiger partial charge in [0.05, 0.1) is 31.4 Å². The summed E-state index contributed by atoms with van der Waals surface area (Å²) in [5, 5.41) is 11.6. The molecule has 1 amide bonds. The first-order valence-electron chi connectivity index (χ1n) is 13.1. The molecule has 4 rings (SSSR count). The molecular weight excluding hydrogens is 494 g/mol. The minimum Gasteiger partial charge on any atom is -0.507 e. The maximum atomic E-state index is 13.5. The summed E-state index contributed by atoms with van der Waals surface area (Å²) in [5.74, 6) is 0.421. The molecule has 1 saturated heterocycles. The van der Waals surface area contributed by atoms with Crippen molar-refractivity contribution in [1.82, 2.24) is 0 Å². The van der Waals surface area contributed by atoms with Crippen LogP contribution in [0.1, 0.15) is 63.3 Å². The second-order valence-electron chi connectivity index (χ2n) is 9.94. The molecule has 1 heterocycles. The third-order valence-corrected chi connectivity index (χ3v) is 6.56. The SMILES string of the molecule is CCOc1ccc(N2C(=O)C(=O)/C(=C(\O)c3ccc(OC)c(C(C)C)c3)C2c2ccc(OC(C)C)cc2)cc1. The molecule has 204 valence electrons. The Morgan fingerprint density at radius 1 is 0.923 bits per heavy atom. The summed E-state index contributed by atoms with van der Waals surface area (Å²) in [4.78, 5) is 28.4. The molecule has 0 radical (unpaired) electrons. The van der Waals surface area contributed by atoms with Crippen molar-refractivity contribution in [3.05, 3.63) is 89.0 Å². The lowest BCUT2D eigenvalue weighted by Crippen LogP contribution is -2.29. The van der Waals surface area contributed by atoms with Gasteiger partial charge in [0.2, 0.25) is 0 Å². The summed E-state index contributed by atoms with van der Waals surface area (Å²) in [6, 6.07) is 18.7. The summed E-state index contributed by atoms with van der Waals surface area (Å²) in [7, 11) is 1.59. The van der Waals surface area contributed by atoms with Gasteiger partial charge >= 0.3 is 0 Å². The van der Waals surface area contributed by atoms with Gasteiger partial charge in [-0.15, -0.1) is 0 Å². The molecule has 1 aliphatic rings. The van der Waals surface area contributed by atoms with Crippen molar-refractivity contribution in [3.63, 3.8) is 0 Å². The van der Waals surface area contributed by atoms with Crippen LogP contribution in [0.5, 0.6) is 17.2 Å². The van der Waals surface area contributed by atoms with Gasteiger partial charge in [-0.1, -0.05) is 26.0 Å². The average Bonchev–Trinajstić information content (AvgIpc) is 3.18. The fourth-order valence-corrected chi connectivity index (χ4v) is 4.77. The van der Waals surface area contributed by atoms with Gasteiger partial charge in [-0.25, -0.2) is 0 Å². The number of anilines is 1. The third kappa shape index (κ3) is 5.62. The number of carbonyl (C=O) groups excluding carboxylic acids is 2. The van der Waals surface area contributed by atoms with Crippen molar-refractivity contribution in [2.75, 3.05) is 18.6 Å². The number of aliphatic hydroxyl groups is 1. The average molecular weight is 530 g/mol. The van der Waals surface area contributed by atoms with Crippen molar-refractivity contribution in [3.8, 4) is 17.2 Å². The van der Waals surface area contributed by atoms with E-state index in [1.54, 1.807) is 61.7 Å². The van der Waals surface area contributed by atoms with Gasteiger partial charge in [0.1, 0.15) is 23.0 Å². The molecule has 7 nitrogen and oxygen atoms in total. The van der Waals surface area contributed by atoms with Crippen LogP contribution in [-0.2, 0) is 9.59 Å². The van der Waals surface area contributed by atoms with E-state index in [0.717, 1.165) is 5.56 Å². The van der Waals surface area contributed by atoms with Crippen LogP contribution < -0.4 is 19.1 Å². The highest BCUT2D eigenvalue weighted by Gasteiger charge is 2.47. The Morgan fingerprint density at radius 2 is 1.56 bits per heavy atom. The van der Waals surface area contributed by atoms with Gasteiger partial charge in [-0.05, 0) is 92.4 Å². The first-order valence-corrected chi connectivity index (χ1v) is 13.1. The lowest BCUT2D eigenvalue weighted by atomic mass is 9.93. The van der Waals surface area contributed by atoms with Crippen LogP contribution in [0.4, 0.5) is 5.69 Å². The van der Waals surface area contributed by atoms with E-state index < -0.39 is 17.7 Å². The van der Waals surface area contributed by atoms with Gasteiger partial charge in [-0.3, -0.25) is 14.5 Å². The Hall–Kier alpha value is -4.26. The van der Waals surface area contributed by atoms with Gasteiger partial charge in [0.25, 0.3) is 11.7 Å². The molecule has 1 N–H and O–H groups in total. The highest BCUT2D eigenvalue weighted by molar-refractivity contribution is 6.51. The number of ether oxygens (including phenoxy) is 3. The highest BCUT2D eigenvalue weighted by Crippen LogP contribution is 2.43. The van der Waals surface area contributed by atoms with Crippen LogP contribution in [0.25, 0.3) is 5.76 Å². The standard InChI is InChI=1S/C32H35NO6/c1-7-38-24-15-11-23(12-16-24)33-29(21-8-13-25(14-9-21)39-20(4)5)28(31(35)32(33)36)30(34)22-10-17-27(37-6)26(18-22)19(2)3/h8-20,29,34H,7H2,1-6H3/b30-28-. The fourth-order valence-electron chi connectivity index (χ4n) is 4.77. The second-order valence-corrected chi connectivity index (χ2v) is 9.94. The first-order chi connectivity index (χ1) is 18.7. The number of Topliss-reactive ketones (excluding diaryl/α,β-unsaturated/α-hetero) is 1. The monoisotopic (exact) mass is 529 g/mol.